The van der Waals surface area contributed by atoms with Crippen molar-refractivity contribution in [2.45, 2.75) is 11.5 Å². The molecule has 2 N–H and O–H groups in total. The summed E-state index contributed by atoms with van der Waals surface area (Å²) in [4.78, 5) is 12.1. The highest BCUT2D eigenvalue weighted by Gasteiger charge is 2.17. The van der Waals surface area contributed by atoms with Gasteiger partial charge in [0.05, 0.1) is 10.5 Å². The fourth-order valence-corrected chi connectivity index (χ4v) is 3.12. The molecule has 0 amide bonds. The van der Waals surface area contributed by atoms with E-state index in [1.54, 1.807) is 6.07 Å². The van der Waals surface area contributed by atoms with Crippen molar-refractivity contribution in [2.75, 3.05) is 0 Å². The molecule has 0 saturated heterocycles. The molecule has 2 aromatic carbocycles. The van der Waals surface area contributed by atoms with Crippen LogP contribution in [0.2, 0.25) is 0 Å². The van der Waals surface area contributed by atoms with E-state index in [0.717, 1.165) is 11.6 Å². The number of hydrogen-bond acceptors (Lipinski definition) is 6. The number of esters is 1. The molecule has 0 saturated carbocycles. The van der Waals surface area contributed by atoms with E-state index in [1.165, 1.54) is 12.1 Å². The number of ether oxygens (including phenoxy) is 1. The van der Waals surface area contributed by atoms with Crippen molar-refractivity contribution in [3.8, 4) is 11.3 Å². The molecule has 1 aromatic heterocycles. The number of carbonyl (C=O) groups is 1. The van der Waals surface area contributed by atoms with E-state index in [4.69, 9.17) is 14.4 Å². The standard InChI is InChI=1S/C17H13BrN2O5S/c18-15-7-6-13(26(19,22)23)9-14(15)17(21)24-10-12-8-16(25-20-12)11-4-2-1-3-5-11/h1-9H,10H2,(H2,19,22,23). The van der Waals surface area contributed by atoms with E-state index < -0.39 is 16.0 Å². The first kappa shape index (κ1) is 18.3. The number of aromatic nitrogens is 1. The summed E-state index contributed by atoms with van der Waals surface area (Å²) in [5, 5.41) is 8.94. The summed E-state index contributed by atoms with van der Waals surface area (Å²) < 4.78 is 33.7. The Kier molecular flexibility index (Phi) is 5.21. The molecule has 0 atom stereocenters. The van der Waals surface area contributed by atoms with E-state index in [9.17, 15) is 13.2 Å². The fraction of sp³-hybridized carbons (Fsp3) is 0.0588. The van der Waals surface area contributed by atoms with E-state index in [1.807, 2.05) is 30.3 Å². The average Bonchev–Trinajstić information content (AvgIpc) is 3.09. The van der Waals surface area contributed by atoms with Gasteiger partial charge < -0.3 is 9.26 Å². The molecule has 0 aliphatic carbocycles. The van der Waals surface area contributed by atoms with Gasteiger partial charge in [0, 0.05) is 16.1 Å². The number of sulfonamides is 1. The number of nitrogens with zero attached hydrogens (tertiary/aromatic N) is 1. The summed E-state index contributed by atoms with van der Waals surface area (Å²) in [7, 11) is -3.93. The lowest BCUT2D eigenvalue weighted by Crippen LogP contribution is -2.14. The van der Waals surface area contributed by atoms with Gasteiger partial charge in [-0.3, -0.25) is 0 Å². The summed E-state index contributed by atoms with van der Waals surface area (Å²) in [5.74, 6) is -0.166. The van der Waals surface area contributed by atoms with Crippen LogP contribution in [-0.2, 0) is 21.4 Å². The van der Waals surface area contributed by atoms with E-state index in [0.29, 0.717) is 15.9 Å². The summed E-state index contributed by atoms with van der Waals surface area (Å²) >= 11 is 3.19. The number of benzene rings is 2. The zero-order chi connectivity index (χ0) is 18.7. The maximum Gasteiger partial charge on any atom is 0.339 e. The Bertz CT molecular complexity index is 1050. The van der Waals surface area contributed by atoms with Gasteiger partial charge in [-0.05, 0) is 34.1 Å². The van der Waals surface area contributed by atoms with Crippen molar-refractivity contribution in [1.82, 2.24) is 5.16 Å². The quantitative estimate of drug-likeness (QED) is 0.614. The second-order valence-corrected chi connectivity index (χ2v) is 7.73. The predicted molar refractivity (Wildman–Crippen MR) is 96.6 cm³/mol. The fourth-order valence-electron chi connectivity index (χ4n) is 2.17. The first-order valence-electron chi connectivity index (χ1n) is 7.35. The summed E-state index contributed by atoms with van der Waals surface area (Å²) in [6.07, 6.45) is 0. The van der Waals surface area contributed by atoms with Crippen LogP contribution < -0.4 is 5.14 Å². The van der Waals surface area contributed by atoms with Crippen molar-refractivity contribution in [1.29, 1.82) is 0 Å². The third kappa shape index (κ3) is 4.18. The molecule has 7 nitrogen and oxygen atoms in total. The van der Waals surface area contributed by atoms with Crippen molar-refractivity contribution in [3.63, 3.8) is 0 Å². The highest BCUT2D eigenvalue weighted by atomic mass is 79.9. The number of hydrogen-bond donors (Lipinski definition) is 1. The van der Waals surface area contributed by atoms with Gasteiger partial charge in [0.15, 0.2) is 5.76 Å². The van der Waals surface area contributed by atoms with Crippen LogP contribution in [0.4, 0.5) is 0 Å². The average molecular weight is 437 g/mol. The molecule has 3 rings (SSSR count). The second-order valence-electron chi connectivity index (χ2n) is 5.31. The third-order valence-electron chi connectivity index (χ3n) is 3.45. The van der Waals surface area contributed by atoms with Gasteiger partial charge in [0.25, 0.3) is 0 Å². The van der Waals surface area contributed by atoms with Gasteiger partial charge in [-0.15, -0.1) is 0 Å². The Morgan fingerprint density at radius 2 is 1.88 bits per heavy atom. The minimum absolute atomic E-state index is 0.0447. The van der Waals surface area contributed by atoms with Crippen LogP contribution in [0.15, 0.2) is 68.5 Å². The molecule has 134 valence electrons. The smallest absolute Gasteiger partial charge is 0.339 e. The molecular formula is C17H13BrN2O5S. The molecule has 1 heterocycles. The molecule has 0 spiro atoms. The maximum absolute atomic E-state index is 12.2. The summed E-state index contributed by atoms with van der Waals surface area (Å²) in [5.41, 5.74) is 1.32. The Labute approximate surface area is 157 Å². The van der Waals surface area contributed by atoms with Gasteiger partial charge >= 0.3 is 5.97 Å². The topological polar surface area (TPSA) is 112 Å². The van der Waals surface area contributed by atoms with Crippen LogP contribution in [0.3, 0.4) is 0 Å². The Morgan fingerprint density at radius 1 is 1.15 bits per heavy atom. The summed E-state index contributed by atoms with van der Waals surface area (Å²) in [6.45, 7) is -0.124. The number of halogens is 1. The predicted octanol–water partition coefficient (Wildman–Crippen LogP) is 3.11. The first-order chi connectivity index (χ1) is 12.3. The Hall–Kier alpha value is -2.49. The Morgan fingerprint density at radius 3 is 2.58 bits per heavy atom. The minimum atomic E-state index is -3.93. The lowest BCUT2D eigenvalue weighted by molar-refractivity contribution is 0.0463. The Balaban J connectivity index is 1.73. The normalized spacial score (nSPS) is 11.3. The molecule has 0 bridgehead atoms. The van der Waals surface area contributed by atoms with Crippen molar-refractivity contribution >= 4 is 31.9 Å². The van der Waals surface area contributed by atoms with Crippen LogP contribution in [-0.4, -0.2) is 19.5 Å². The van der Waals surface area contributed by atoms with Crippen molar-refractivity contribution in [2.24, 2.45) is 5.14 Å². The number of carbonyl (C=O) groups excluding carboxylic acids is 1. The molecular weight excluding hydrogens is 424 g/mol. The van der Waals surface area contributed by atoms with Gasteiger partial charge in [0.1, 0.15) is 12.3 Å². The molecule has 26 heavy (non-hydrogen) atoms. The maximum atomic E-state index is 12.2. The molecule has 9 heteroatoms. The van der Waals surface area contributed by atoms with E-state index >= 15 is 0 Å². The van der Waals surface area contributed by atoms with E-state index in [-0.39, 0.29) is 17.1 Å². The van der Waals surface area contributed by atoms with Gasteiger partial charge in [0.2, 0.25) is 10.0 Å². The highest BCUT2D eigenvalue weighted by molar-refractivity contribution is 9.10. The van der Waals surface area contributed by atoms with Crippen LogP contribution in [0.1, 0.15) is 16.1 Å². The van der Waals surface area contributed by atoms with E-state index in [2.05, 4.69) is 21.1 Å². The zero-order valence-electron chi connectivity index (χ0n) is 13.3. The third-order valence-corrected chi connectivity index (χ3v) is 5.06. The molecule has 0 aliphatic heterocycles. The van der Waals surface area contributed by atoms with Gasteiger partial charge in [-0.2, -0.15) is 0 Å². The highest BCUT2D eigenvalue weighted by Crippen LogP contribution is 2.23. The van der Waals surface area contributed by atoms with Gasteiger partial charge in [-0.25, -0.2) is 18.4 Å². The van der Waals surface area contributed by atoms with Crippen LogP contribution in [0.5, 0.6) is 0 Å². The van der Waals surface area contributed by atoms with Gasteiger partial charge in [-0.1, -0.05) is 35.5 Å². The number of nitrogens with two attached hydrogens (primary N) is 1. The van der Waals surface area contributed by atoms with Crippen LogP contribution in [0.25, 0.3) is 11.3 Å². The molecule has 0 fully saturated rings. The molecule has 0 unspecified atom stereocenters. The first-order valence-corrected chi connectivity index (χ1v) is 9.69. The minimum Gasteiger partial charge on any atom is -0.455 e. The lowest BCUT2D eigenvalue weighted by atomic mass is 10.2. The zero-order valence-corrected chi connectivity index (χ0v) is 15.7. The summed E-state index contributed by atoms with van der Waals surface area (Å²) in [6, 6.07) is 14.9. The second kappa shape index (κ2) is 7.40. The lowest BCUT2D eigenvalue weighted by Gasteiger charge is -2.06. The number of rotatable bonds is 5. The molecule has 0 aliphatic rings. The monoisotopic (exact) mass is 436 g/mol. The van der Waals surface area contributed by atoms with Crippen LogP contribution >= 0.6 is 15.9 Å². The molecule has 0 radical (unpaired) electrons. The molecule has 3 aromatic rings. The van der Waals surface area contributed by atoms with Crippen LogP contribution in [0, 0.1) is 0 Å². The van der Waals surface area contributed by atoms with Crippen molar-refractivity contribution in [3.05, 3.63) is 70.3 Å². The number of primary sulfonamides is 1. The SMILES string of the molecule is NS(=O)(=O)c1ccc(Br)c(C(=O)OCc2cc(-c3ccccc3)on2)c1. The van der Waals surface area contributed by atoms with Crippen molar-refractivity contribution < 1.29 is 22.5 Å². The largest absolute Gasteiger partial charge is 0.455 e.